The Morgan fingerprint density at radius 3 is 2.59 bits per heavy atom. The number of allylic oxidation sites excluding steroid dienone is 1. The lowest BCUT2D eigenvalue weighted by Crippen LogP contribution is -2.35. The van der Waals surface area contributed by atoms with Gasteiger partial charge in [0.05, 0.1) is 24.4 Å². The largest absolute Gasteiger partial charge is 0.484 e. The van der Waals surface area contributed by atoms with E-state index in [0.717, 1.165) is 25.0 Å². The molecule has 0 unspecified atom stereocenters. The Bertz CT molecular complexity index is 926. The van der Waals surface area contributed by atoms with E-state index in [-0.39, 0.29) is 36.1 Å². The minimum Gasteiger partial charge on any atom is -0.484 e. The molecule has 172 valence electrons. The van der Waals surface area contributed by atoms with Crippen molar-refractivity contribution in [1.82, 2.24) is 10.2 Å². The Hall–Kier alpha value is -3.13. The van der Waals surface area contributed by atoms with Crippen molar-refractivity contribution in [2.24, 2.45) is 0 Å². The Labute approximate surface area is 188 Å². The average Bonchev–Trinajstić information content (AvgIpc) is 3.37. The molecule has 0 bridgehead atoms. The van der Waals surface area contributed by atoms with Crippen LogP contribution < -0.4 is 10.1 Å². The predicted molar refractivity (Wildman–Crippen MR) is 119 cm³/mol. The first-order valence-electron chi connectivity index (χ1n) is 10.8. The van der Waals surface area contributed by atoms with E-state index in [4.69, 9.17) is 14.2 Å². The molecule has 1 aromatic rings. The average molecular weight is 443 g/mol. The first-order chi connectivity index (χ1) is 15.3. The lowest BCUT2D eigenvalue weighted by atomic mass is 10.0. The van der Waals surface area contributed by atoms with Crippen LogP contribution in [0, 0.1) is 0 Å². The molecule has 2 aliphatic rings. The Balaban J connectivity index is 1.65. The summed E-state index contributed by atoms with van der Waals surface area (Å²) in [4.78, 5) is 38.8. The van der Waals surface area contributed by atoms with Gasteiger partial charge in [0.15, 0.2) is 6.61 Å². The van der Waals surface area contributed by atoms with Crippen LogP contribution in [0.2, 0.25) is 0 Å². The van der Waals surface area contributed by atoms with Gasteiger partial charge in [-0.15, -0.1) is 0 Å². The highest BCUT2D eigenvalue weighted by atomic mass is 16.5. The summed E-state index contributed by atoms with van der Waals surface area (Å²) in [6.07, 6.45) is 3.74. The van der Waals surface area contributed by atoms with Crippen LogP contribution in [0.15, 0.2) is 41.1 Å². The molecule has 2 amide bonds. The summed E-state index contributed by atoms with van der Waals surface area (Å²) in [5.41, 5.74) is 1.88. The van der Waals surface area contributed by atoms with Gasteiger partial charge in [-0.05, 0) is 57.4 Å². The molecule has 2 aliphatic heterocycles. The second kappa shape index (κ2) is 10.5. The standard InChI is InChI=1S/C24H30N2O6/c1-15(2)26-16(3)22(24(29)30-4)20(23(26)28)12-17-7-9-18(10-8-17)32-14-21(27)25-13-19-6-5-11-31-19/h7-10,12,15,19H,5-6,11,13-14H2,1-4H3,(H,25,27)/b20-12-/t19-/m1/s1. The van der Waals surface area contributed by atoms with Gasteiger partial charge in [0, 0.05) is 24.9 Å². The van der Waals surface area contributed by atoms with Crippen LogP contribution in [0.3, 0.4) is 0 Å². The van der Waals surface area contributed by atoms with Gasteiger partial charge in [-0.3, -0.25) is 9.59 Å². The molecule has 1 atom stereocenters. The number of ether oxygens (including phenoxy) is 3. The Kier molecular flexibility index (Phi) is 7.69. The Morgan fingerprint density at radius 1 is 1.28 bits per heavy atom. The number of methoxy groups -OCH3 is 1. The molecule has 1 aromatic carbocycles. The molecule has 0 saturated carbocycles. The SMILES string of the molecule is COC(=O)C1=C(C)N(C(C)C)C(=O)/C1=C\c1ccc(OCC(=O)NC[C@H]2CCCO2)cc1. The zero-order valence-corrected chi connectivity index (χ0v) is 19.0. The van der Waals surface area contributed by atoms with E-state index >= 15 is 0 Å². The van der Waals surface area contributed by atoms with Crippen molar-refractivity contribution in [2.75, 3.05) is 26.9 Å². The number of nitrogens with zero attached hydrogens (tertiary/aromatic N) is 1. The van der Waals surface area contributed by atoms with Crippen molar-refractivity contribution in [2.45, 2.75) is 45.8 Å². The van der Waals surface area contributed by atoms with Crippen molar-refractivity contribution in [3.8, 4) is 5.75 Å². The summed E-state index contributed by atoms with van der Waals surface area (Å²) in [6, 6.07) is 6.88. The van der Waals surface area contributed by atoms with Crippen molar-refractivity contribution in [1.29, 1.82) is 0 Å². The minimum atomic E-state index is -0.542. The highest BCUT2D eigenvalue weighted by molar-refractivity contribution is 6.16. The number of carbonyl (C=O) groups is 3. The summed E-state index contributed by atoms with van der Waals surface area (Å²) in [5.74, 6) is -0.457. The molecular formula is C24H30N2O6. The molecule has 8 heteroatoms. The lowest BCUT2D eigenvalue weighted by molar-refractivity contribution is -0.136. The number of benzene rings is 1. The summed E-state index contributed by atoms with van der Waals surface area (Å²) >= 11 is 0. The van der Waals surface area contributed by atoms with Gasteiger partial charge in [0.25, 0.3) is 11.8 Å². The first kappa shape index (κ1) is 23.5. The monoisotopic (exact) mass is 442 g/mol. The third-order valence-corrected chi connectivity index (χ3v) is 5.46. The summed E-state index contributed by atoms with van der Waals surface area (Å²) in [6.45, 7) is 6.67. The third-order valence-electron chi connectivity index (χ3n) is 5.46. The smallest absolute Gasteiger partial charge is 0.340 e. The quantitative estimate of drug-likeness (QED) is 0.491. The molecule has 1 N–H and O–H groups in total. The van der Waals surface area contributed by atoms with Gasteiger partial charge in [-0.25, -0.2) is 4.79 Å². The fraction of sp³-hybridized carbons (Fsp3) is 0.458. The second-order valence-corrected chi connectivity index (χ2v) is 8.08. The summed E-state index contributed by atoms with van der Waals surface area (Å²) in [5, 5.41) is 2.81. The van der Waals surface area contributed by atoms with E-state index in [1.807, 2.05) is 13.8 Å². The van der Waals surface area contributed by atoms with Gasteiger partial charge in [-0.1, -0.05) is 12.1 Å². The maximum Gasteiger partial charge on any atom is 0.340 e. The number of hydrogen-bond acceptors (Lipinski definition) is 6. The van der Waals surface area contributed by atoms with Crippen LogP contribution in [0.5, 0.6) is 5.75 Å². The maximum atomic E-state index is 12.9. The molecular weight excluding hydrogens is 412 g/mol. The number of esters is 1. The minimum absolute atomic E-state index is 0.0868. The zero-order chi connectivity index (χ0) is 23.3. The van der Waals surface area contributed by atoms with Crippen molar-refractivity contribution >= 4 is 23.9 Å². The Morgan fingerprint density at radius 2 is 2.00 bits per heavy atom. The van der Waals surface area contributed by atoms with Gasteiger partial charge in [0.1, 0.15) is 5.75 Å². The number of amides is 2. The zero-order valence-electron chi connectivity index (χ0n) is 19.0. The van der Waals surface area contributed by atoms with Crippen molar-refractivity contribution in [3.63, 3.8) is 0 Å². The molecule has 1 fully saturated rings. The number of rotatable bonds is 8. The molecule has 2 heterocycles. The van der Waals surface area contributed by atoms with E-state index in [1.54, 1.807) is 42.2 Å². The number of hydrogen-bond donors (Lipinski definition) is 1. The highest BCUT2D eigenvalue weighted by Crippen LogP contribution is 2.33. The number of nitrogens with one attached hydrogen (secondary N) is 1. The van der Waals surface area contributed by atoms with E-state index in [9.17, 15) is 14.4 Å². The van der Waals surface area contributed by atoms with E-state index < -0.39 is 5.97 Å². The second-order valence-electron chi connectivity index (χ2n) is 8.08. The molecule has 3 rings (SSSR count). The van der Waals surface area contributed by atoms with Gasteiger partial charge in [-0.2, -0.15) is 0 Å². The van der Waals surface area contributed by atoms with Crippen LogP contribution in [0.1, 0.15) is 39.2 Å². The summed E-state index contributed by atoms with van der Waals surface area (Å²) in [7, 11) is 1.30. The fourth-order valence-corrected chi connectivity index (χ4v) is 3.88. The van der Waals surface area contributed by atoms with Crippen LogP contribution >= 0.6 is 0 Å². The molecule has 1 saturated heterocycles. The lowest BCUT2D eigenvalue weighted by Gasteiger charge is -2.22. The molecule has 32 heavy (non-hydrogen) atoms. The van der Waals surface area contributed by atoms with Gasteiger partial charge < -0.3 is 24.4 Å². The molecule has 0 radical (unpaired) electrons. The van der Waals surface area contributed by atoms with Gasteiger partial charge in [0.2, 0.25) is 0 Å². The van der Waals surface area contributed by atoms with Crippen molar-refractivity contribution in [3.05, 3.63) is 46.7 Å². The number of carbonyl (C=O) groups excluding carboxylic acids is 3. The first-order valence-corrected chi connectivity index (χ1v) is 10.8. The molecule has 8 nitrogen and oxygen atoms in total. The van der Waals surface area contributed by atoms with E-state index in [2.05, 4.69) is 5.32 Å². The van der Waals surface area contributed by atoms with Crippen LogP contribution in [-0.4, -0.2) is 61.7 Å². The third kappa shape index (κ3) is 5.37. The van der Waals surface area contributed by atoms with E-state index in [0.29, 0.717) is 23.6 Å². The van der Waals surface area contributed by atoms with E-state index in [1.165, 1.54) is 7.11 Å². The predicted octanol–water partition coefficient (Wildman–Crippen LogP) is 2.44. The van der Waals surface area contributed by atoms with Gasteiger partial charge >= 0.3 is 5.97 Å². The van der Waals surface area contributed by atoms with Crippen LogP contribution in [-0.2, 0) is 23.9 Å². The molecule has 0 spiro atoms. The normalized spacial score (nSPS) is 19.8. The molecule has 0 aliphatic carbocycles. The topological polar surface area (TPSA) is 94.2 Å². The van der Waals surface area contributed by atoms with Crippen LogP contribution in [0.4, 0.5) is 0 Å². The van der Waals surface area contributed by atoms with Crippen LogP contribution in [0.25, 0.3) is 6.08 Å². The molecule has 0 aromatic heterocycles. The highest BCUT2D eigenvalue weighted by Gasteiger charge is 2.38. The van der Waals surface area contributed by atoms with Crippen molar-refractivity contribution < 1.29 is 28.6 Å². The fourth-order valence-electron chi connectivity index (χ4n) is 3.88. The maximum absolute atomic E-state index is 12.9. The summed E-state index contributed by atoms with van der Waals surface area (Å²) < 4.78 is 15.9.